The van der Waals surface area contributed by atoms with Gasteiger partial charge in [-0.15, -0.1) is 0 Å². The van der Waals surface area contributed by atoms with Crippen molar-refractivity contribution in [2.75, 3.05) is 19.6 Å². The van der Waals surface area contributed by atoms with E-state index in [1.807, 2.05) is 85.5 Å². The zero-order valence-corrected chi connectivity index (χ0v) is 26.4. The molecule has 3 aromatic rings. The van der Waals surface area contributed by atoms with Crippen molar-refractivity contribution in [1.82, 2.24) is 15.5 Å². The molecule has 10 heteroatoms. The van der Waals surface area contributed by atoms with E-state index in [2.05, 4.69) is 15.8 Å². The molecule has 46 heavy (non-hydrogen) atoms. The normalized spacial score (nSPS) is 19.6. The first-order valence-electron chi connectivity index (χ1n) is 16.0. The number of carboxylic acid groups (broad SMARTS) is 1. The number of carboxylic acids is 1. The molecule has 1 saturated heterocycles. The number of amides is 2. The van der Waals surface area contributed by atoms with Crippen LogP contribution in [0, 0.1) is 5.92 Å². The number of aliphatic carboxylic acids is 1. The molecule has 0 spiro atoms. The number of nitrogens with zero attached hydrogens (tertiary/aromatic N) is 2. The number of piperidine rings is 1. The third kappa shape index (κ3) is 7.80. The van der Waals surface area contributed by atoms with Crippen molar-refractivity contribution in [2.24, 2.45) is 11.1 Å². The third-order valence-corrected chi connectivity index (χ3v) is 8.80. The fourth-order valence-corrected chi connectivity index (χ4v) is 6.33. The molecule has 1 fully saturated rings. The Bertz CT molecular complexity index is 1600. The monoisotopic (exact) mass is 626 g/mol. The number of nitrogens with one attached hydrogen (secondary N) is 2. The minimum atomic E-state index is -1.55. The van der Waals surface area contributed by atoms with Gasteiger partial charge in [0.1, 0.15) is 0 Å². The molecular formula is C36H42N4O6. The molecule has 2 heterocycles. The molecule has 10 nitrogen and oxygen atoms in total. The standard InChI is InChI=1S/C36H42N4O6/c1-24(2)33(38-34(44)28-17-11-15-26-14-7-8-16-27(26)28)30-22-36(46-39-30,21-25-12-5-3-6-13-25)35(45)37-29(20-32(42)43)31(41)23-40-18-9-4-10-19-40/h3,5-8,11-17,24,29,33H,4,9-10,18-23H2,1-2H3,(H,37,45)(H,38,44)(H,42,43). The van der Waals surface area contributed by atoms with E-state index in [0.29, 0.717) is 11.3 Å². The molecule has 5 rings (SSSR count). The van der Waals surface area contributed by atoms with Crippen LogP contribution in [0.1, 0.15) is 61.9 Å². The molecule has 2 aliphatic heterocycles. The van der Waals surface area contributed by atoms with Crippen LogP contribution in [0.5, 0.6) is 0 Å². The van der Waals surface area contributed by atoms with Crippen LogP contribution >= 0.6 is 0 Å². The lowest BCUT2D eigenvalue weighted by Gasteiger charge is -2.30. The second kappa shape index (κ2) is 14.7. The van der Waals surface area contributed by atoms with Gasteiger partial charge in [-0.3, -0.25) is 24.1 Å². The number of rotatable bonds is 13. The SMILES string of the molecule is CC(C)C(NC(=O)c1cccc2ccccc12)C1=NOC(Cc2ccccc2)(C(=O)NC(CC(=O)O)C(=O)CN2CCCCC2)C1. The molecule has 0 aromatic heterocycles. The number of carbonyl (C=O) groups is 4. The van der Waals surface area contributed by atoms with Gasteiger partial charge in [0.25, 0.3) is 11.8 Å². The lowest BCUT2D eigenvalue weighted by molar-refractivity contribution is -0.147. The van der Waals surface area contributed by atoms with Crippen molar-refractivity contribution in [3.63, 3.8) is 0 Å². The van der Waals surface area contributed by atoms with E-state index in [4.69, 9.17) is 4.84 Å². The average molecular weight is 627 g/mol. The fourth-order valence-electron chi connectivity index (χ4n) is 6.33. The predicted molar refractivity (Wildman–Crippen MR) is 176 cm³/mol. The Morgan fingerprint density at radius 1 is 0.913 bits per heavy atom. The van der Waals surface area contributed by atoms with Crippen molar-refractivity contribution in [3.05, 3.63) is 83.9 Å². The lowest BCUT2D eigenvalue weighted by Crippen LogP contribution is -2.56. The van der Waals surface area contributed by atoms with Gasteiger partial charge in [-0.2, -0.15) is 0 Å². The maximum absolute atomic E-state index is 14.1. The molecular weight excluding hydrogens is 584 g/mol. The second-order valence-electron chi connectivity index (χ2n) is 12.7. The molecule has 0 aliphatic carbocycles. The van der Waals surface area contributed by atoms with E-state index in [1.165, 1.54) is 0 Å². The van der Waals surface area contributed by atoms with Crippen molar-refractivity contribution >= 4 is 40.1 Å². The highest BCUT2D eigenvalue weighted by atomic mass is 16.7. The number of benzene rings is 3. The van der Waals surface area contributed by atoms with E-state index < -0.39 is 36.0 Å². The number of likely N-dealkylation sites (tertiary alicyclic amines) is 1. The topological polar surface area (TPSA) is 137 Å². The largest absolute Gasteiger partial charge is 0.481 e. The Morgan fingerprint density at radius 2 is 1.61 bits per heavy atom. The summed E-state index contributed by atoms with van der Waals surface area (Å²) in [4.78, 5) is 60.9. The van der Waals surface area contributed by atoms with Crippen LogP contribution in [-0.4, -0.2) is 76.6 Å². The summed E-state index contributed by atoms with van der Waals surface area (Å²) in [5.74, 6) is -2.52. The Hall–Kier alpha value is -4.57. The molecule has 3 unspecified atom stereocenters. The number of hydrogen-bond donors (Lipinski definition) is 3. The molecule has 242 valence electrons. The van der Waals surface area contributed by atoms with Crippen molar-refractivity contribution in [2.45, 2.75) is 70.1 Å². The number of ketones is 1. The van der Waals surface area contributed by atoms with Crippen LogP contribution in [0.4, 0.5) is 0 Å². The molecule has 3 aromatic carbocycles. The highest BCUT2D eigenvalue weighted by Gasteiger charge is 2.49. The van der Waals surface area contributed by atoms with Crippen LogP contribution in [0.3, 0.4) is 0 Å². The Balaban J connectivity index is 1.38. The van der Waals surface area contributed by atoms with Gasteiger partial charge >= 0.3 is 5.97 Å². The number of hydrogen-bond acceptors (Lipinski definition) is 7. The number of Topliss-reactive ketones (excluding diaryl/α,β-unsaturated/α-hetero) is 1. The molecule has 0 bridgehead atoms. The van der Waals surface area contributed by atoms with Gasteiger partial charge in [0.15, 0.2) is 5.78 Å². The first-order chi connectivity index (χ1) is 22.1. The van der Waals surface area contributed by atoms with Gasteiger partial charge in [0.2, 0.25) is 5.60 Å². The number of fused-ring (bicyclic) bond motifs is 1. The van der Waals surface area contributed by atoms with E-state index in [-0.39, 0.29) is 37.0 Å². The van der Waals surface area contributed by atoms with E-state index >= 15 is 0 Å². The van der Waals surface area contributed by atoms with Gasteiger partial charge in [-0.1, -0.05) is 92.2 Å². The average Bonchev–Trinajstić information content (AvgIpc) is 3.48. The van der Waals surface area contributed by atoms with Crippen molar-refractivity contribution < 1.29 is 29.1 Å². The van der Waals surface area contributed by atoms with Crippen LogP contribution in [-0.2, 0) is 25.6 Å². The van der Waals surface area contributed by atoms with Crippen molar-refractivity contribution in [3.8, 4) is 0 Å². The van der Waals surface area contributed by atoms with Gasteiger partial charge in [-0.25, -0.2) is 0 Å². The third-order valence-electron chi connectivity index (χ3n) is 8.80. The Morgan fingerprint density at radius 3 is 2.33 bits per heavy atom. The molecule has 2 amide bonds. The minimum Gasteiger partial charge on any atom is -0.481 e. The summed E-state index contributed by atoms with van der Waals surface area (Å²) in [7, 11) is 0. The van der Waals surface area contributed by atoms with Crippen molar-refractivity contribution in [1.29, 1.82) is 0 Å². The molecule has 3 atom stereocenters. The van der Waals surface area contributed by atoms with Gasteiger partial charge in [-0.05, 0) is 54.3 Å². The molecule has 2 aliphatic rings. The first-order valence-corrected chi connectivity index (χ1v) is 16.0. The van der Waals surface area contributed by atoms with E-state index in [9.17, 15) is 24.3 Å². The van der Waals surface area contributed by atoms with E-state index in [1.54, 1.807) is 6.07 Å². The quantitative estimate of drug-likeness (QED) is 0.256. The summed E-state index contributed by atoms with van der Waals surface area (Å²) < 4.78 is 0. The Kier molecular flexibility index (Phi) is 10.5. The zero-order chi connectivity index (χ0) is 32.7. The number of carbonyl (C=O) groups excluding carboxylic acids is 3. The maximum Gasteiger partial charge on any atom is 0.305 e. The number of oxime groups is 1. The van der Waals surface area contributed by atoms with Crippen LogP contribution in [0.2, 0.25) is 0 Å². The second-order valence-corrected chi connectivity index (χ2v) is 12.7. The zero-order valence-electron chi connectivity index (χ0n) is 26.4. The summed E-state index contributed by atoms with van der Waals surface area (Å²) in [6.45, 7) is 5.51. The first kappa shape index (κ1) is 32.8. The summed E-state index contributed by atoms with van der Waals surface area (Å²) in [5.41, 5.74) is 0.282. The van der Waals surface area contributed by atoms with Crippen LogP contribution in [0.15, 0.2) is 78.0 Å². The highest BCUT2D eigenvalue weighted by Crippen LogP contribution is 2.32. The van der Waals surface area contributed by atoms with E-state index in [0.717, 1.165) is 48.7 Å². The van der Waals surface area contributed by atoms with Gasteiger partial charge in [0, 0.05) is 18.4 Å². The lowest BCUT2D eigenvalue weighted by atomic mass is 9.84. The Labute approximate surface area is 269 Å². The smallest absolute Gasteiger partial charge is 0.305 e. The molecule has 3 N–H and O–H groups in total. The minimum absolute atomic E-state index is 0.0481. The summed E-state index contributed by atoms with van der Waals surface area (Å²) in [6.07, 6.45) is 2.70. The fraction of sp³-hybridized carbons (Fsp3) is 0.417. The van der Waals surface area contributed by atoms with Crippen LogP contribution < -0.4 is 10.6 Å². The molecule has 0 saturated carbocycles. The predicted octanol–water partition coefficient (Wildman–Crippen LogP) is 4.37. The summed E-state index contributed by atoms with van der Waals surface area (Å²) in [6, 6.07) is 20.8. The summed E-state index contributed by atoms with van der Waals surface area (Å²) in [5, 5.41) is 21.6. The maximum atomic E-state index is 14.1. The highest BCUT2D eigenvalue weighted by molar-refractivity contribution is 6.09. The molecule has 0 radical (unpaired) electrons. The summed E-state index contributed by atoms with van der Waals surface area (Å²) >= 11 is 0. The van der Waals surface area contributed by atoms with Gasteiger partial charge < -0.3 is 20.6 Å². The van der Waals surface area contributed by atoms with Gasteiger partial charge in [0.05, 0.1) is 30.8 Å². The van der Waals surface area contributed by atoms with Crippen LogP contribution in [0.25, 0.3) is 10.8 Å².